The fraction of sp³-hybridized carbons (Fsp3) is 0.440. The standard InChI is InChI=1S/C25H29ClN6O3S.ClH/c1-3-22(33)32-9-7-17(28-23(34)19-11-14-10-15(26)4-5-16(14)27-19)20(12-32)29-24(35)25-30-18-6-8-31(2)13-21(18)36-25;/h4-5,10-11,17,20,27H,3,6-9,12-13H2,1-2H3,(H,28,34)(H,29,35);1H/t17-,20+;/m0./s1. The van der Waals surface area contributed by atoms with E-state index in [0.29, 0.717) is 41.7 Å². The number of aromatic amines is 1. The second kappa shape index (κ2) is 11.4. The Morgan fingerprint density at radius 2 is 1.95 bits per heavy atom. The van der Waals surface area contributed by atoms with Gasteiger partial charge in [-0.25, -0.2) is 4.98 Å². The average molecular weight is 566 g/mol. The summed E-state index contributed by atoms with van der Waals surface area (Å²) in [5.74, 6) is -0.513. The van der Waals surface area contributed by atoms with Crippen LogP contribution < -0.4 is 10.6 Å². The van der Waals surface area contributed by atoms with Crippen LogP contribution in [0.2, 0.25) is 5.02 Å². The van der Waals surface area contributed by atoms with Crippen molar-refractivity contribution in [2.45, 2.75) is 44.8 Å². The van der Waals surface area contributed by atoms with Crippen LogP contribution in [0.3, 0.4) is 0 Å². The highest BCUT2D eigenvalue weighted by molar-refractivity contribution is 7.13. The molecule has 0 saturated carbocycles. The monoisotopic (exact) mass is 564 g/mol. The van der Waals surface area contributed by atoms with Crippen LogP contribution in [0.4, 0.5) is 0 Å². The molecule has 12 heteroatoms. The molecule has 2 aliphatic heterocycles. The molecule has 3 amide bonds. The summed E-state index contributed by atoms with van der Waals surface area (Å²) in [5, 5.41) is 8.00. The zero-order valence-electron chi connectivity index (χ0n) is 20.7. The minimum Gasteiger partial charge on any atom is -0.351 e. The molecule has 37 heavy (non-hydrogen) atoms. The van der Waals surface area contributed by atoms with Crippen LogP contribution in [0.15, 0.2) is 24.3 Å². The molecule has 3 N–H and O–H groups in total. The molecular weight excluding hydrogens is 535 g/mol. The number of hydrogen-bond donors (Lipinski definition) is 3. The van der Waals surface area contributed by atoms with Crippen molar-refractivity contribution >= 4 is 64.0 Å². The minimum atomic E-state index is -0.437. The predicted octanol–water partition coefficient (Wildman–Crippen LogP) is 3.23. The molecule has 4 heterocycles. The van der Waals surface area contributed by atoms with Crippen LogP contribution in [0, 0.1) is 0 Å². The molecule has 2 aliphatic rings. The Hall–Kier alpha value is -2.66. The summed E-state index contributed by atoms with van der Waals surface area (Å²) in [6.45, 7) is 4.38. The van der Waals surface area contributed by atoms with E-state index >= 15 is 0 Å². The van der Waals surface area contributed by atoms with Gasteiger partial charge in [-0.15, -0.1) is 23.7 Å². The fourth-order valence-corrected chi connectivity index (χ4v) is 6.12. The first kappa shape index (κ1) is 27.4. The number of benzene rings is 1. The third-order valence-corrected chi connectivity index (χ3v) is 8.16. The number of rotatable bonds is 5. The molecule has 5 rings (SSSR count). The number of halogens is 2. The zero-order chi connectivity index (χ0) is 25.4. The van der Waals surface area contributed by atoms with Gasteiger partial charge in [0, 0.05) is 59.8 Å². The van der Waals surface area contributed by atoms with Gasteiger partial charge in [-0.3, -0.25) is 14.4 Å². The number of carbonyl (C=O) groups is 3. The van der Waals surface area contributed by atoms with Crippen molar-refractivity contribution in [1.82, 2.24) is 30.4 Å². The quantitative estimate of drug-likeness (QED) is 0.440. The van der Waals surface area contributed by atoms with Crippen LogP contribution >= 0.6 is 35.3 Å². The number of H-pyrrole nitrogens is 1. The molecule has 1 fully saturated rings. The van der Waals surface area contributed by atoms with Gasteiger partial charge >= 0.3 is 0 Å². The van der Waals surface area contributed by atoms with Crippen molar-refractivity contribution in [1.29, 1.82) is 0 Å². The Labute approximate surface area is 230 Å². The summed E-state index contributed by atoms with van der Waals surface area (Å²) >= 11 is 7.49. The van der Waals surface area contributed by atoms with Crippen LogP contribution in [0.1, 0.15) is 50.6 Å². The smallest absolute Gasteiger partial charge is 0.280 e. The Bertz CT molecular complexity index is 1320. The van der Waals surface area contributed by atoms with Crippen molar-refractivity contribution in [3.8, 4) is 0 Å². The van der Waals surface area contributed by atoms with Crippen molar-refractivity contribution in [3.05, 3.63) is 50.6 Å². The van der Waals surface area contributed by atoms with Crippen molar-refractivity contribution < 1.29 is 14.4 Å². The van der Waals surface area contributed by atoms with Crippen LogP contribution in [-0.2, 0) is 17.8 Å². The predicted molar refractivity (Wildman–Crippen MR) is 147 cm³/mol. The number of amides is 3. The lowest BCUT2D eigenvalue weighted by atomic mass is 9.98. The lowest BCUT2D eigenvalue weighted by molar-refractivity contribution is -0.132. The summed E-state index contributed by atoms with van der Waals surface area (Å²) in [7, 11) is 2.05. The van der Waals surface area contributed by atoms with Gasteiger partial charge in [0.15, 0.2) is 5.01 Å². The maximum atomic E-state index is 13.2. The van der Waals surface area contributed by atoms with Gasteiger partial charge in [-0.2, -0.15) is 0 Å². The van der Waals surface area contributed by atoms with Gasteiger partial charge in [-0.05, 0) is 37.7 Å². The summed E-state index contributed by atoms with van der Waals surface area (Å²) in [6.07, 6.45) is 1.75. The number of likely N-dealkylation sites (tertiary alicyclic amines) is 1. The molecular formula is C25H30Cl2N6O3S. The van der Waals surface area contributed by atoms with Gasteiger partial charge in [0.25, 0.3) is 11.8 Å². The number of likely N-dealkylation sites (N-methyl/N-ethyl adjacent to an activating group) is 1. The molecule has 1 saturated heterocycles. The summed E-state index contributed by atoms with van der Waals surface area (Å²) in [5.41, 5.74) is 2.22. The largest absolute Gasteiger partial charge is 0.351 e. The Kier molecular flexibility index (Phi) is 8.42. The second-order valence-corrected chi connectivity index (χ2v) is 11.0. The molecule has 0 aliphatic carbocycles. The summed E-state index contributed by atoms with van der Waals surface area (Å²) in [4.78, 5) is 51.5. The highest BCUT2D eigenvalue weighted by atomic mass is 35.5. The Morgan fingerprint density at radius 3 is 2.73 bits per heavy atom. The Morgan fingerprint density at radius 1 is 1.16 bits per heavy atom. The molecule has 2 atom stereocenters. The molecule has 1 aromatic carbocycles. The number of piperidine rings is 1. The number of hydrogen-bond acceptors (Lipinski definition) is 6. The SMILES string of the molecule is CCC(=O)N1CC[C@H](NC(=O)c2cc3cc(Cl)ccc3[nH]2)[C@H](NC(=O)c2nc3c(s2)CN(C)CC3)C1.Cl. The van der Waals surface area contributed by atoms with Crippen molar-refractivity contribution in [2.24, 2.45) is 0 Å². The Balaban J connectivity index is 0.00000320. The van der Waals surface area contributed by atoms with Crippen molar-refractivity contribution in [2.75, 3.05) is 26.7 Å². The second-order valence-electron chi connectivity index (χ2n) is 9.43. The maximum Gasteiger partial charge on any atom is 0.280 e. The fourth-order valence-electron chi connectivity index (χ4n) is 4.84. The lowest BCUT2D eigenvalue weighted by Crippen LogP contribution is -2.61. The van der Waals surface area contributed by atoms with Gasteiger partial charge < -0.3 is 25.4 Å². The number of carbonyl (C=O) groups excluding carboxylic acids is 3. The first-order valence-electron chi connectivity index (χ1n) is 12.2. The molecule has 2 aromatic heterocycles. The van der Waals surface area contributed by atoms with Gasteiger partial charge in [0.2, 0.25) is 5.91 Å². The minimum absolute atomic E-state index is 0. The number of aromatic nitrogens is 2. The van der Waals surface area contributed by atoms with E-state index in [1.165, 1.54) is 11.3 Å². The van der Waals surface area contributed by atoms with E-state index in [2.05, 4.69) is 32.5 Å². The molecule has 0 radical (unpaired) electrons. The highest BCUT2D eigenvalue weighted by Gasteiger charge is 2.34. The van der Waals surface area contributed by atoms with Gasteiger partial charge in [0.1, 0.15) is 5.69 Å². The average Bonchev–Trinajstić information content (AvgIpc) is 3.48. The maximum absolute atomic E-state index is 13.2. The highest BCUT2D eigenvalue weighted by Crippen LogP contribution is 2.25. The van der Waals surface area contributed by atoms with E-state index in [0.717, 1.165) is 41.0 Å². The van der Waals surface area contributed by atoms with E-state index in [-0.39, 0.29) is 36.2 Å². The molecule has 198 valence electrons. The summed E-state index contributed by atoms with van der Waals surface area (Å²) < 4.78 is 0. The van der Waals surface area contributed by atoms with E-state index in [1.807, 2.05) is 13.0 Å². The van der Waals surface area contributed by atoms with E-state index in [4.69, 9.17) is 11.6 Å². The van der Waals surface area contributed by atoms with Crippen LogP contribution in [-0.4, -0.2) is 76.3 Å². The van der Waals surface area contributed by atoms with Gasteiger partial charge in [-0.1, -0.05) is 18.5 Å². The van der Waals surface area contributed by atoms with Crippen LogP contribution in [0.5, 0.6) is 0 Å². The third kappa shape index (κ3) is 5.93. The number of fused-ring (bicyclic) bond motifs is 2. The zero-order valence-corrected chi connectivity index (χ0v) is 23.1. The first-order chi connectivity index (χ1) is 17.3. The molecule has 0 unspecified atom stereocenters. The first-order valence-corrected chi connectivity index (χ1v) is 13.3. The lowest BCUT2D eigenvalue weighted by Gasteiger charge is -2.39. The van der Waals surface area contributed by atoms with E-state index in [9.17, 15) is 14.4 Å². The number of nitrogens with one attached hydrogen (secondary N) is 3. The summed E-state index contributed by atoms with van der Waals surface area (Å²) in [6, 6.07) is 6.39. The number of nitrogens with zero attached hydrogens (tertiary/aromatic N) is 3. The van der Waals surface area contributed by atoms with E-state index < -0.39 is 6.04 Å². The molecule has 0 spiro atoms. The van der Waals surface area contributed by atoms with E-state index in [1.54, 1.807) is 23.1 Å². The molecule has 3 aromatic rings. The molecule has 9 nitrogen and oxygen atoms in total. The van der Waals surface area contributed by atoms with Gasteiger partial charge in [0.05, 0.1) is 17.8 Å². The van der Waals surface area contributed by atoms with Crippen LogP contribution in [0.25, 0.3) is 10.9 Å². The third-order valence-electron chi connectivity index (χ3n) is 6.84. The molecule has 0 bridgehead atoms. The van der Waals surface area contributed by atoms with Crippen molar-refractivity contribution in [3.63, 3.8) is 0 Å². The number of thiazole rings is 1. The topological polar surface area (TPSA) is 110 Å². The normalized spacial score (nSPS) is 19.7.